The summed E-state index contributed by atoms with van der Waals surface area (Å²) in [6.45, 7) is 3.44. The summed E-state index contributed by atoms with van der Waals surface area (Å²) in [5.74, 6) is -2.03. The molecule has 3 aromatic carbocycles. The van der Waals surface area contributed by atoms with Gasteiger partial charge in [0.2, 0.25) is 14.8 Å². The molecule has 8 nitrogen and oxygen atoms in total. The Hall–Kier alpha value is -4.11. The monoisotopic (exact) mass is 548 g/mol. The summed E-state index contributed by atoms with van der Waals surface area (Å²) in [4.78, 5) is 39.7. The molecule has 1 N–H and O–H groups in total. The highest BCUT2D eigenvalue weighted by atomic mass is 33.1. The Kier molecular flexibility index (Phi) is 8.48. The third-order valence-corrected chi connectivity index (χ3v) is 9.35. The largest absolute Gasteiger partial charge is 0.456 e. The van der Waals surface area contributed by atoms with E-state index < -0.39 is 38.1 Å². The number of likely N-dealkylation sites (tertiary alicyclic amines) is 1. The van der Waals surface area contributed by atoms with Crippen LogP contribution >= 0.6 is 10.8 Å². The van der Waals surface area contributed by atoms with Gasteiger partial charge in [-0.25, -0.2) is 13.2 Å². The quantitative estimate of drug-likeness (QED) is 0.136. The first-order valence-corrected chi connectivity index (χ1v) is 14.4. The molecule has 0 saturated carbocycles. The lowest BCUT2D eigenvalue weighted by molar-refractivity contribution is -0.153. The van der Waals surface area contributed by atoms with Gasteiger partial charge in [-0.3, -0.25) is 14.5 Å². The van der Waals surface area contributed by atoms with Crippen molar-refractivity contribution in [2.45, 2.75) is 29.3 Å². The number of benzene rings is 3. The molecule has 0 radical (unpaired) electrons. The van der Waals surface area contributed by atoms with Crippen LogP contribution in [0.3, 0.4) is 0 Å². The second-order valence-corrected chi connectivity index (χ2v) is 12.2. The predicted octanol–water partition coefficient (Wildman–Crippen LogP) is 3.42. The molecule has 0 bridgehead atoms. The first kappa shape index (κ1) is 26.9. The van der Waals surface area contributed by atoms with Gasteiger partial charge >= 0.3 is 5.97 Å². The highest BCUT2D eigenvalue weighted by Gasteiger charge is 2.54. The molecule has 1 aliphatic rings. The Morgan fingerprint density at radius 3 is 2.05 bits per heavy atom. The molecule has 0 unspecified atom stereocenters. The molecule has 2 atom stereocenters. The van der Waals surface area contributed by atoms with E-state index in [0.29, 0.717) is 10.8 Å². The predicted molar refractivity (Wildman–Crippen MR) is 143 cm³/mol. The molecule has 1 heterocycles. The molecular formula is C28H24N2O6S2. The number of esters is 1. The lowest BCUT2D eigenvalue weighted by Crippen LogP contribution is -2.69. The average Bonchev–Trinajstić information content (AvgIpc) is 2.94. The summed E-state index contributed by atoms with van der Waals surface area (Å²) < 4.78 is 31.6. The number of β-lactam (4-membered cyclic amide) rings is 1. The zero-order valence-corrected chi connectivity index (χ0v) is 21.8. The van der Waals surface area contributed by atoms with Gasteiger partial charge in [-0.05, 0) is 23.3 Å². The number of rotatable bonds is 10. The zero-order valence-electron chi connectivity index (χ0n) is 20.1. The molecule has 1 saturated heterocycles. The van der Waals surface area contributed by atoms with Gasteiger partial charge in [-0.1, -0.05) is 91.2 Å². The standard InChI is InChI=1S/C28H24N2O6S2/c1-2-23(28(33)36-19-21-14-8-4-9-15-21)30-26(32)25(29-24(31)18-20-12-6-3-7-13-20)27(30)37-38(34,35)22-16-10-5-11-17-22/h3-17,25,27H,1,18-19H2,(H,29,31)/t25-,27-/m1/s1. The molecule has 38 heavy (non-hydrogen) atoms. The Bertz CT molecular complexity index is 1470. The van der Waals surface area contributed by atoms with E-state index in [0.717, 1.165) is 16.0 Å². The van der Waals surface area contributed by atoms with Gasteiger partial charge in [0.15, 0.2) is 5.70 Å². The molecule has 0 aliphatic carbocycles. The molecule has 194 valence electrons. The summed E-state index contributed by atoms with van der Waals surface area (Å²) in [6, 6.07) is 24.3. The minimum atomic E-state index is -3.97. The van der Waals surface area contributed by atoms with E-state index >= 15 is 0 Å². The fraction of sp³-hybridized carbons (Fsp3) is 0.143. The van der Waals surface area contributed by atoms with Crippen LogP contribution in [0, 0.1) is 0 Å². The van der Waals surface area contributed by atoms with E-state index in [-0.39, 0.29) is 23.6 Å². The number of carbonyl (C=O) groups excluding carboxylic acids is 3. The van der Waals surface area contributed by atoms with Gasteiger partial charge in [0, 0.05) is 10.8 Å². The van der Waals surface area contributed by atoms with Crippen LogP contribution in [0.5, 0.6) is 0 Å². The lowest BCUT2D eigenvalue weighted by Gasteiger charge is -2.45. The second kappa shape index (κ2) is 12.0. The van der Waals surface area contributed by atoms with E-state index in [1.165, 1.54) is 12.1 Å². The van der Waals surface area contributed by atoms with Crippen LogP contribution in [0.2, 0.25) is 0 Å². The molecule has 0 aromatic heterocycles. The smallest absolute Gasteiger partial charge is 0.363 e. The Morgan fingerprint density at radius 1 is 0.921 bits per heavy atom. The van der Waals surface area contributed by atoms with E-state index in [4.69, 9.17) is 4.74 Å². The number of hydrogen-bond donors (Lipinski definition) is 1. The number of carbonyl (C=O) groups is 3. The second-order valence-electron chi connectivity index (χ2n) is 8.26. The molecule has 2 amide bonds. The Balaban J connectivity index is 1.55. The summed E-state index contributed by atoms with van der Waals surface area (Å²) in [7, 11) is -3.52. The van der Waals surface area contributed by atoms with Crippen molar-refractivity contribution in [3.05, 3.63) is 120 Å². The minimum absolute atomic E-state index is 0.00326. The number of ether oxygens (including phenoxy) is 1. The van der Waals surface area contributed by atoms with Crippen molar-refractivity contribution in [3.63, 3.8) is 0 Å². The minimum Gasteiger partial charge on any atom is -0.456 e. The first-order chi connectivity index (χ1) is 18.3. The van der Waals surface area contributed by atoms with E-state index in [2.05, 4.69) is 17.6 Å². The number of hydrogen-bond acceptors (Lipinski definition) is 7. The van der Waals surface area contributed by atoms with Gasteiger partial charge in [0.05, 0.1) is 11.3 Å². The Morgan fingerprint density at radius 2 is 1.47 bits per heavy atom. The Labute approximate surface area is 224 Å². The van der Waals surface area contributed by atoms with Crippen LogP contribution in [0.4, 0.5) is 0 Å². The van der Waals surface area contributed by atoms with Crippen molar-refractivity contribution in [2.24, 2.45) is 0 Å². The normalized spacial score (nSPS) is 16.6. The number of amides is 2. The molecule has 3 aromatic rings. The molecular weight excluding hydrogens is 524 g/mol. The number of nitrogens with zero attached hydrogens (tertiary/aromatic N) is 1. The van der Waals surface area contributed by atoms with Gasteiger partial charge in [0.25, 0.3) is 5.91 Å². The van der Waals surface area contributed by atoms with Crippen molar-refractivity contribution in [3.8, 4) is 0 Å². The molecule has 4 rings (SSSR count). The van der Waals surface area contributed by atoms with Crippen molar-refractivity contribution >= 4 is 37.4 Å². The van der Waals surface area contributed by atoms with Crippen molar-refractivity contribution in [1.29, 1.82) is 0 Å². The third kappa shape index (κ3) is 6.23. The van der Waals surface area contributed by atoms with Crippen LogP contribution in [-0.4, -0.2) is 42.5 Å². The van der Waals surface area contributed by atoms with Crippen molar-refractivity contribution < 1.29 is 27.5 Å². The fourth-order valence-corrected chi connectivity index (χ4v) is 7.25. The third-order valence-electron chi connectivity index (χ3n) is 5.64. The fourth-order valence-electron chi connectivity index (χ4n) is 3.76. The van der Waals surface area contributed by atoms with Gasteiger partial charge in [0.1, 0.15) is 18.0 Å². The summed E-state index contributed by atoms with van der Waals surface area (Å²) >= 11 is 0. The van der Waals surface area contributed by atoms with Crippen LogP contribution in [0.1, 0.15) is 11.1 Å². The molecule has 10 heteroatoms. The van der Waals surface area contributed by atoms with Gasteiger partial charge in [-0.15, -0.1) is 0 Å². The lowest BCUT2D eigenvalue weighted by atomic mass is 10.0. The summed E-state index contributed by atoms with van der Waals surface area (Å²) in [6.07, 6.45) is -0.00326. The zero-order chi connectivity index (χ0) is 27.1. The van der Waals surface area contributed by atoms with Crippen LogP contribution < -0.4 is 5.32 Å². The summed E-state index contributed by atoms with van der Waals surface area (Å²) in [5, 5.41) is 1.46. The van der Waals surface area contributed by atoms with E-state index in [1.807, 2.05) is 12.1 Å². The maximum absolute atomic E-state index is 13.2. The maximum Gasteiger partial charge on any atom is 0.363 e. The van der Waals surface area contributed by atoms with E-state index in [9.17, 15) is 22.8 Å². The van der Waals surface area contributed by atoms with Crippen LogP contribution in [-0.2, 0) is 41.0 Å². The average molecular weight is 549 g/mol. The SMILES string of the molecule is C=C=C(C(=O)OCc1ccccc1)N1C(=O)[C@@H](NC(=O)Cc2ccccc2)[C@H]1SS(=O)(=O)c1ccccc1. The van der Waals surface area contributed by atoms with Crippen molar-refractivity contribution in [2.75, 3.05) is 0 Å². The first-order valence-electron chi connectivity index (χ1n) is 11.6. The van der Waals surface area contributed by atoms with Crippen LogP contribution in [0.15, 0.2) is 114 Å². The van der Waals surface area contributed by atoms with Crippen LogP contribution in [0.25, 0.3) is 0 Å². The molecule has 1 fully saturated rings. The van der Waals surface area contributed by atoms with Crippen molar-refractivity contribution in [1.82, 2.24) is 10.2 Å². The topological polar surface area (TPSA) is 110 Å². The highest BCUT2D eigenvalue weighted by Crippen LogP contribution is 2.39. The summed E-state index contributed by atoms with van der Waals surface area (Å²) in [5.41, 5.74) is 3.54. The maximum atomic E-state index is 13.2. The highest BCUT2D eigenvalue weighted by molar-refractivity contribution is 8.72. The van der Waals surface area contributed by atoms with E-state index in [1.54, 1.807) is 66.7 Å². The van der Waals surface area contributed by atoms with Gasteiger partial charge < -0.3 is 10.1 Å². The number of nitrogens with one attached hydrogen (secondary N) is 1. The van der Waals surface area contributed by atoms with Gasteiger partial charge in [-0.2, -0.15) is 0 Å². The molecule has 0 spiro atoms. The molecule has 1 aliphatic heterocycles.